The largest absolute Gasteiger partial charge is 0.392 e. The van der Waals surface area contributed by atoms with Crippen LogP contribution < -0.4 is 0 Å². The summed E-state index contributed by atoms with van der Waals surface area (Å²) in [4.78, 5) is 16.7. The van der Waals surface area contributed by atoms with Crippen molar-refractivity contribution in [1.82, 2.24) is 9.80 Å². The summed E-state index contributed by atoms with van der Waals surface area (Å²) in [7, 11) is 0. The highest BCUT2D eigenvalue weighted by Crippen LogP contribution is 2.33. The zero-order valence-electron chi connectivity index (χ0n) is 12.0. The van der Waals surface area contributed by atoms with E-state index in [0.717, 1.165) is 42.8 Å². The molecule has 21 heavy (non-hydrogen) atoms. The number of halogens is 1. The number of nitrogens with zero attached hydrogens (tertiary/aromatic N) is 2. The number of aliphatic hydroxyl groups is 1. The predicted octanol–water partition coefficient (Wildman–Crippen LogP) is 1.98. The highest BCUT2D eigenvalue weighted by molar-refractivity contribution is 9.10. The van der Waals surface area contributed by atoms with Gasteiger partial charge in [0.15, 0.2) is 0 Å². The van der Waals surface area contributed by atoms with Crippen molar-refractivity contribution in [3.8, 4) is 0 Å². The Morgan fingerprint density at radius 3 is 2.52 bits per heavy atom. The van der Waals surface area contributed by atoms with Crippen LogP contribution >= 0.6 is 15.9 Å². The van der Waals surface area contributed by atoms with E-state index in [1.807, 2.05) is 29.2 Å². The van der Waals surface area contributed by atoms with Gasteiger partial charge in [-0.05, 0) is 46.8 Å². The fourth-order valence-corrected chi connectivity index (χ4v) is 3.29. The maximum atomic E-state index is 12.5. The quantitative estimate of drug-likeness (QED) is 0.900. The van der Waals surface area contributed by atoms with Crippen LogP contribution in [0.5, 0.6) is 0 Å². The van der Waals surface area contributed by atoms with Crippen molar-refractivity contribution in [1.29, 1.82) is 0 Å². The summed E-state index contributed by atoms with van der Waals surface area (Å²) in [6, 6.07) is 7.56. The Labute approximate surface area is 133 Å². The third-order valence-corrected chi connectivity index (χ3v) is 5.07. The number of amides is 1. The maximum absolute atomic E-state index is 12.5. The van der Waals surface area contributed by atoms with Crippen LogP contribution in [0.4, 0.5) is 0 Å². The molecule has 1 aliphatic heterocycles. The monoisotopic (exact) mass is 352 g/mol. The average Bonchev–Trinajstić information content (AvgIpc) is 3.32. The lowest BCUT2D eigenvalue weighted by molar-refractivity contribution is 0.0488. The Balaban J connectivity index is 1.53. The molecule has 2 fully saturated rings. The topological polar surface area (TPSA) is 43.8 Å². The van der Waals surface area contributed by atoms with Crippen LogP contribution in [0.15, 0.2) is 28.7 Å². The van der Waals surface area contributed by atoms with Crippen LogP contribution in [0.3, 0.4) is 0 Å². The Morgan fingerprint density at radius 1 is 1.24 bits per heavy atom. The van der Waals surface area contributed by atoms with Crippen molar-refractivity contribution in [3.05, 3.63) is 34.3 Å². The van der Waals surface area contributed by atoms with Gasteiger partial charge in [-0.25, -0.2) is 0 Å². The second-order valence-corrected chi connectivity index (χ2v) is 6.83. The third-order valence-electron chi connectivity index (χ3n) is 4.38. The van der Waals surface area contributed by atoms with Gasteiger partial charge in [0.25, 0.3) is 5.91 Å². The Morgan fingerprint density at radius 2 is 1.90 bits per heavy atom. The van der Waals surface area contributed by atoms with E-state index in [2.05, 4.69) is 20.8 Å². The van der Waals surface area contributed by atoms with Crippen molar-refractivity contribution in [2.75, 3.05) is 32.7 Å². The first-order chi connectivity index (χ1) is 10.1. The Hall–Kier alpha value is -0.910. The van der Waals surface area contributed by atoms with Crippen LogP contribution in [0.2, 0.25) is 0 Å². The van der Waals surface area contributed by atoms with Gasteiger partial charge in [0.1, 0.15) is 0 Å². The van der Waals surface area contributed by atoms with Crippen LogP contribution in [-0.4, -0.2) is 59.6 Å². The number of hydrogen-bond donors (Lipinski definition) is 1. The van der Waals surface area contributed by atoms with Crippen LogP contribution in [0.1, 0.15) is 23.2 Å². The lowest BCUT2D eigenvalue weighted by atomic mass is 10.1. The summed E-state index contributed by atoms with van der Waals surface area (Å²) >= 11 is 3.44. The molecule has 0 aromatic heterocycles. The van der Waals surface area contributed by atoms with Crippen molar-refractivity contribution in [2.45, 2.75) is 18.9 Å². The van der Waals surface area contributed by atoms with Crippen LogP contribution in [-0.2, 0) is 0 Å². The first-order valence-corrected chi connectivity index (χ1v) is 8.38. The van der Waals surface area contributed by atoms with Crippen molar-refractivity contribution < 1.29 is 9.90 Å². The summed E-state index contributed by atoms with van der Waals surface area (Å²) < 4.78 is 0.849. The summed E-state index contributed by atoms with van der Waals surface area (Å²) in [6.45, 7) is 3.91. The molecule has 3 rings (SSSR count). The minimum atomic E-state index is -0.185. The molecule has 2 aliphatic rings. The van der Waals surface area contributed by atoms with Gasteiger partial charge in [-0.1, -0.05) is 12.1 Å². The molecule has 0 unspecified atom stereocenters. The van der Waals surface area contributed by atoms with Gasteiger partial charge in [0, 0.05) is 37.2 Å². The molecule has 5 heteroatoms. The molecule has 1 aliphatic carbocycles. The van der Waals surface area contributed by atoms with E-state index < -0.39 is 0 Å². The molecule has 1 aromatic carbocycles. The summed E-state index contributed by atoms with van der Waals surface area (Å²) in [5.74, 6) is 0.606. The first-order valence-electron chi connectivity index (χ1n) is 7.59. The number of hydrogen-bond acceptors (Lipinski definition) is 3. The number of β-amino-alcohol motifs (C(OH)–C–C–N with tert-alkyl or cyclic N) is 1. The number of aliphatic hydroxyl groups excluding tert-OH is 1. The van der Waals surface area contributed by atoms with Gasteiger partial charge < -0.3 is 10.0 Å². The SMILES string of the molecule is O=C(c1ccccc1Br)N1CCN(C[C@H](O)C2CC2)CC1. The number of rotatable bonds is 4. The lowest BCUT2D eigenvalue weighted by Crippen LogP contribution is -2.50. The molecular weight excluding hydrogens is 332 g/mol. The highest BCUT2D eigenvalue weighted by atomic mass is 79.9. The van der Waals surface area contributed by atoms with E-state index in [4.69, 9.17) is 0 Å². The van der Waals surface area contributed by atoms with Gasteiger partial charge in [0.05, 0.1) is 11.7 Å². The first kappa shape index (κ1) is 15.0. The van der Waals surface area contributed by atoms with Gasteiger partial charge in [-0.3, -0.25) is 9.69 Å². The molecular formula is C16H21BrN2O2. The Kier molecular flexibility index (Phi) is 4.62. The van der Waals surface area contributed by atoms with Crippen molar-refractivity contribution in [3.63, 3.8) is 0 Å². The van der Waals surface area contributed by atoms with Crippen LogP contribution in [0.25, 0.3) is 0 Å². The van der Waals surface area contributed by atoms with E-state index in [0.29, 0.717) is 5.92 Å². The minimum Gasteiger partial charge on any atom is -0.392 e. The standard InChI is InChI=1S/C16H21BrN2O2/c17-14-4-2-1-3-13(14)16(21)19-9-7-18(8-10-19)11-15(20)12-5-6-12/h1-4,12,15,20H,5-11H2/t15-/m0/s1. The molecule has 1 N–H and O–H groups in total. The molecule has 1 saturated heterocycles. The molecule has 1 aromatic rings. The van der Waals surface area contributed by atoms with E-state index in [-0.39, 0.29) is 12.0 Å². The van der Waals surface area contributed by atoms with E-state index in [1.165, 1.54) is 12.8 Å². The second kappa shape index (κ2) is 6.46. The summed E-state index contributed by atoms with van der Waals surface area (Å²) in [5, 5.41) is 10.0. The molecule has 1 saturated carbocycles. The van der Waals surface area contributed by atoms with Crippen LogP contribution in [0, 0.1) is 5.92 Å². The summed E-state index contributed by atoms with van der Waals surface area (Å²) in [5.41, 5.74) is 0.726. The third kappa shape index (κ3) is 3.65. The second-order valence-electron chi connectivity index (χ2n) is 5.98. The molecule has 0 bridgehead atoms. The zero-order chi connectivity index (χ0) is 14.8. The number of piperazine rings is 1. The zero-order valence-corrected chi connectivity index (χ0v) is 13.6. The minimum absolute atomic E-state index is 0.0878. The smallest absolute Gasteiger partial charge is 0.255 e. The van der Waals surface area contributed by atoms with Gasteiger partial charge in [0.2, 0.25) is 0 Å². The number of carbonyl (C=O) groups excluding carboxylic acids is 1. The maximum Gasteiger partial charge on any atom is 0.255 e. The average molecular weight is 353 g/mol. The highest BCUT2D eigenvalue weighted by Gasteiger charge is 2.32. The van der Waals surface area contributed by atoms with Crippen molar-refractivity contribution in [2.24, 2.45) is 5.92 Å². The molecule has 1 heterocycles. The Bertz CT molecular complexity index is 511. The van der Waals surface area contributed by atoms with E-state index in [1.54, 1.807) is 0 Å². The molecule has 1 amide bonds. The predicted molar refractivity (Wildman–Crippen MR) is 85.2 cm³/mol. The molecule has 0 radical (unpaired) electrons. The fourth-order valence-electron chi connectivity index (χ4n) is 2.83. The summed E-state index contributed by atoms with van der Waals surface area (Å²) in [6.07, 6.45) is 2.15. The normalized spacial score (nSPS) is 21.3. The van der Waals surface area contributed by atoms with Gasteiger partial charge in [-0.2, -0.15) is 0 Å². The molecule has 114 valence electrons. The molecule has 1 atom stereocenters. The van der Waals surface area contributed by atoms with Gasteiger partial charge in [-0.15, -0.1) is 0 Å². The lowest BCUT2D eigenvalue weighted by Gasteiger charge is -2.35. The van der Waals surface area contributed by atoms with Gasteiger partial charge >= 0.3 is 0 Å². The number of carbonyl (C=O) groups is 1. The molecule has 0 spiro atoms. The van der Waals surface area contributed by atoms with E-state index in [9.17, 15) is 9.90 Å². The number of benzene rings is 1. The fraction of sp³-hybridized carbons (Fsp3) is 0.562. The van der Waals surface area contributed by atoms with Crippen molar-refractivity contribution >= 4 is 21.8 Å². The van der Waals surface area contributed by atoms with E-state index >= 15 is 0 Å². The molecule has 4 nitrogen and oxygen atoms in total.